The summed E-state index contributed by atoms with van der Waals surface area (Å²) < 4.78 is 1.58. The molecule has 2 aromatic rings. The molecule has 7 heteroatoms. The monoisotopic (exact) mass is 226 g/mol. The lowest BCUT2D eigenvalue weighted by Crippen LogP contribution is -2.05. The van der Waals surface area contributed by atoms with E-state index in [9.17, 15) is 0 Å². The number of nitrogens with zero attached hydrogens (tertiary/aromatic N) is 5. The first kappa shape index (κ1) is 11.7. The van der Waals surface area contributed by atoms with Crippen molar-refractivity contribution < 1.29 is 0 Å². The summed E-state index contributed by atoms with van der Waals surface area (Å²) in [6.07, 6.45) is 1.44. The van der Waals surface area contributed by atoms with Gasteiger partial charge in [0, 0.05) is 5.25 Å². The van der Waals surface area contributed by atoms with Crippen LogP contribution >= 0.6 is 11.8 Å². The fourth-order valence-corrected chi connectivity index (χ4v) is 1.80. The van der Waals surface area contributed by atoms with Gasteiger partial charge in [-0.25, -0.2) is 0 Å². The summed E-state index contributed by atoms with van der Waals surface area (Å²) in [5.41, 5.74) is 5.54. The number of thioether (sulfide) groups is 1. The second-order valence-corrected chi connectivity index (χ2v) is 4.55. The minimum Gasteiger partial charge on any atom is -0.368 e. The molecule has 0 unspecified atom stereocenters. The van der Waals surface area contributed by atoms with Gasteiger partial charge in [-0.1, -0.05) is 33.0 Å². The van der Waals surface area contributed by atoms with Gasteiger partial charge in [-0.2, -0.15) is 24.6 Å². The standard InChI is InChI=1S/C7H10N6S.CH4/c1-4(2)14-7-12-5(8)11-6-9-3-10-13(6)7;/h3-4H,1-2H3,(H2,8,9,10,11);1H4. The van der Waals surface area contributed by atoms with E-state index < -0.39 is 0 Å². The van der Waals surface area contributed by atoms with E-state index >= 15 is 0 Å². The van der Waals surface area contributed by atoms with E-state index in [1.54, 1.807) is 16.3 Å². The molecule has 0 atom stereocenters. The summed E-state index contributed by atoms with van der Waals surface area (Å²) in [4.78, 5) is 12.0. The maximum absolute atomic E-state index is 5.54. The van der Waals surface area contributed by atoms with Crippen molar-refractivity contribution in [3.05, 3.63) is 6.33 Å². The van der Waals surface area contributed by atoms with Gasteiger partial charge in [-0.05, 0) is 0 Å². The van der Waals surface area contributed by atoms with Gasteiger partial charge in [-0.3, -0.25) is 0 Å². The zero-order chi connectivity index (χ0) is 10.1. The number of hydrogen-bond donors (Lipinski definition) is 1. The Balaban J connectivity index is 0.00000112. The predicted octanol–water partition coefficient (Wildman–Crippen LogP) is 1.24. The maximum Gasteiger partial charge on any atom is 0.257 e. The molecule has 0 bridgehead atoms. The zero-order valence-corrected chi connectivity index (χ0v) is 8.69. The quantitative estimate of drug-likeness (QED) is 0.776. The summed E-state index contributed by atoms with van der Waals surface area (Å²) >= 11 is 1.58. The summed E-state index contributed by atoms with van der Waals surface area (Å²) in [6.45, 7) is 4.15. The molecule has 0 aromatic carbocycles. The Morgan fingerprint density at radius 3 is 2.80 bits per heavy atom. The van der Waals surface area contributed by atoms with Gasteiger partial charge in [0.25, 0.3) is 5.78 Å². The van der Waals surface area contributed by atoms with Gasteiger partial charge >= 0.3 is 0 Å². The van der Waals surface area contributed by atoms with Crippen LogP contribution in [0.3, 0.4) is 0 Å². The fourth-order valence-electron chi connectivity index (χ4n) is 1.01. The molecule has 2 heterocycles. The van der Waals surface area contributed by atoms with Crippen LogP contribution in [0.1, 0.15) is 21.3 Å². The Morgan fingerprint density at radius 2 is 2.13 bits per heavy atom. The molecule has 2 aromatic heterocycles. The van der Waals surface area contributed by atoms with Crippen molar-refractivity contribution in [2.24, 2.45) is 0 Å². The molecule has 2 N–H and O–H groups in total. The number of hydrogen-bond acceptors (Lipinski definition) is 6. The number of rotatable bonds is 2. The van der Waals surface area contributed by atoms with Crippen molar-refractivity contribution >= 4 is 23.5 Å². The van der Waals surface area contributed by atoms with Crippen molar-refractivity contribution in [3.63, 3.8) is 0 Å². The molecule has 15 heavy (non-hydrogen) atoms. The Kier molecular flexibility index (Phi) is 3.46. The molecule has 6 nitrogen and oxygen atoms in total. The van der Waals surface area contributed by atoms with Gasteiger partial charge in [0.05, 0.1) is 0 Å². The molecule has 0 fully saturated rings. The van der Waals surface area contributed by atoms with Crippen LogP contribution in [0.15, 0.2) is 11.5 Å². The van der Waals surface area contributed by atoms with Gasteiger partial charge in [0.15, 0.2) is 5.16 Å². The largest absolute Gasteiger partial charge is 0.368 e. The second kappa shape index (κ2) is 4.43. The molecule has 82 valence electrons. The third kappa shape index (κ3) is 2.35. The number of nitrogens with two attached hydrogens (primary N) is 1. The highest BCUT2D eigenvalue weighted by Gasteiger charge is 2.09. The molecule has 0 amide bonds. The highest BCUT2D eigenvalue weighted by atomic mass is 32.2. The average Bonchev–Trinajstić information content (AvgIpc) is 2.50. The molecular weight excluding hydrogens is 212 g/mol. The molecule has 0 saturated heterocycles. The van der Waals surface area contributed by atoms with E-state index in [0.717, 1.165) is 5.16 Å². The number of nitrogen functional groups attached to an aromatic ring is 1. The van der Waals surface area contributed by atoms with Crippen molar-refractivity contribution in [1.29, 1.82) is 0 Å². The van der Waals surface area contributed by atoms with Crippen molar-refractivity contribution in [2.45, 2.75) is 31.7 Å². The van der Waals surface area contributed by atoms with Gasteiger partial charge in [0.1, 0.15) is 6.33 Å². The van der Waals surface area contributed by atoms with Crippen LogP contribution in [0.5, 0.6) is 0 Å². The van der Waals surface area contributed by atoms with E-state index in [-0.39, 0.29) is 13.4 Å². The van der Waals surface area contributed by atoms with Crippen molar-refractivity contribution in [3.8, 4) is 0 Å². The Hall–Kier alpha value is -1.37. The summed E-state index contributed by atoms with van der Waals surface area (Å²) in [6, 6.07) is 0. The summed E-state index contributed by atoms with van der Waals surface area (Å²) in [5, 5.41) is 5.15. The highest BCUT2D eigenvalue weighted by molar-refractivity contribution is 7.99. The second-order valence-electron chi connectivity index (χ2n) is 3.00. The van der Waals surface area contributed by atoms with Crippen LogP contribution in [0.25, 0.3) is 5.78 Å². The molecule has 0 saturated carbocycles. The van der Waals surface area contributed by atoms with E-state index in [1.165, 1.54) is 6.33 Å². The number of fused-ring (bicyclic) bond motifs is 1. The van der Waals surface area contributed by atoms with Crippen LogP contribution in [-0.2, 0) is 0 Å². The van der Waals surface area contributed by atoms with Crippen LogP contribution in [-0.4, -0.2) is 29.8 Å². The summed E-state index contributed by atoms with van der Waals surface area (Å²) in [5.74, 6) is 0.717. The van der Waals surface area contributed by atoms with Crippen LogP contribution < -0.4 is 5.73 Å². The topological polar surface area (TPSA) is 82.0 Å². The first-order chi connectivity index (χ1) is 6.66. The maximum atomic E-state index is 5.54. The Bertz CT molecular complexity index is 451. The van der Waals surface area contributed by atoms with Gasteiger partial charge in [0.2, 0.25) is 5.95 Å². The molecule has 0 spiro atoms. The molecule has 0 aliphatic heterocycles. The molecule has 0 aliphatic rings. The lowest BCUT2D eigenvalue weighted by molar-refractivity contribution is 0.773. The number of aromatic nitrogens is 5. The third-order valence-electron chi connectivity index (χ3n) is 1.48. The first-order valence-corrected chi connectivity index (χ1v) is 5.04. The van der Waals surface area contributed by atoms with Crippen molar-refractivity contribution in [1.82, 2.24) is 24.6 Å². The molecule has 2 rings (SSSR count). The van der Waals surface area contributed by atoms with Crippen LogP contribution in [0, 0.1) is 0 Å². The average molecular weight is 226 g/mol. The number of anilines is 1. The minimum atomic E-state index is 0. The third-order valence-corrected chi connectivity index (χ3v) is 2.42. The lowest BCUT2D eigenvalue weighted by Gasteiger charge is -2.05. The smallest absolute Gasteiger partial charge is 0.257 e. The Morgan fingerprint density at radius 1 is 1.40 bits per heavy atom. The Labute approximate surface area is 92.3 Å². The first-order valence-electron chi connectivity index (χ1n) is 4.16. The highest BCUT2D eigenvalue weighted by Crippen LogP contribution is 2.20. The molecule has 0 radical (unpaired) electrons. The minimum absolute atomic E-state index is 0. The summed E-state index contributed by atoms with van der Waals surface area (Å²) in [7, 11) is 0. The molecule has 0 aliphatic carbocycles. The SMILES string of the molecule is C.CC(C)Sc1nc(N)nc2ncnn12. The zero-order valence-electron chi connectivity index (χ0n) is 7.88. The van der Waals surface area contributed by atoms with Gasteiger partial charge in [-0.15, -0.1) is 0 Å². The van der Waals surface area contributed by atoms with Gasteiger partial charge < -0.3 is 5.73 Å². The van der Waals surface area contributed by atoms with Crippen LogP contribution in [0.4, 0.5) is 5.95 Å². The van der Waals surface area contributed by atoms with E-state index in [2.05, 4.69) is 33.9 Å². The van der Waals surface area contributed by atoms with Crippen LogP contribution in [0.2, 0.25) is 0 Å². The van der Waals surface area contributed by atoms with E-state index in [0.29, 0.717) is 11.0 Å². The molecular formula is C8H14N6S. The van der Waals surface area contributed by atoms with Crippen molar-refractivity contribution in [2.75, 3.05) is 5.73 Å². The normalized spacial score (nSPS) is 10.6. The predicted molar refractivity (Wildman–Crippen MR) is 60.7 cm³/mol. The van der Waals surface area contributed by atoms with E-state index in [4.69, 9.17) is 5.73 Å². The fraction of sp³-hybridized carbons (Fsp3) is 0.500. The lowest BCUT2D eigenvalue weighted by atomic mass is 10.6. The van der Waals surface area contributed by atoms with E-state index in [1.807, 2.05) is 0 Å².